The van der Waals surface area contributed by atoms with Crippen LogP contribution in [-0.2, 0) is 16.6 Å². The van der Waals surface area contributed by atoms with Gasteiger partial charge in [0.15, 0.2) is 4.90 Å². The van der Waals surface area contributed by atoms with Gasteiger partial charge in [-0.05, 0) is 23.8 Å². The van der Waals surface area contributed by atoms with E-state index in [1.165, 1.54) is 24.3 Å². The summed E-state index contributed by atoms with van der Waals surface area (Å²) in [6.07, 6.45) is 0. The first-order chi connectivity index (χ1) is 9.94. The number of rotatable bonds is 5. The molecule has 0 amide bonds. The molecule has 0 aliphatic heterocycles. The Morgan fingerprint density at radius 2 is 1.86 bits per heavy atom. The summed E-state index contributed by atoms with van der Waals surface area (Å²) in [7, 11) is -4.09. The van der Waals surface area contributed by atoms with Crippen LogP contribution in [0.2, 0.25) is 0 Å². The van der Waals surface area contributed by atoms with E-state index in [0.29, 0.717) is 5.56 Å². The molecule has 0 aliphatic carbocycles. The third kappa shape index (κ3) is 3.36. The Labute approximate surface area is 121 Å². The van der Waals surface area contributed by atoms with Crippen molar-refractivity contribution in [2.24, 2.45) is 0 Å². The van der Waals surface area contributed by atoms with Gasteiger partial charge in [-0.25, -0.2) is 8.42 Å². The quantitative estimate of drug-likeness (QED) is 0.647. The molecule has 0 heterocycles. The second-order valence-corrected chi connectivity index (χ2v) is 5.84. The van der Waals surface area contributed by atoms with Crippen molar-refractivity contribution in [3.8, 4) is 0 Å². The molecule has 110 valence electrons. The maximum absolute atomic E-state index is 12.2. The van der Waals surface area contributed by atoms with Crippen molar-refractivity contribution in [1.82, 2.24) is 0 Å². The van der Waals surface area contributed by atoms with Gasteiger partial charge in [0.25, 0.3) is 15.7 Å². The van der Waals surface area contributed by atoms with Crippen LogP contribution in [-0.4, -0.2) is 18.4 Å². The third-order valence-corrected chi connectivity index (χ3v) is 4.14. The maximum Gasteiger partial charge on any atom is 0.289 e. The molecule has 2 N–H and O–H groups in total. The number of aliphatic hydroxyl groups excluding tert-OH is 1. The molecule has 0 atom stereocenters. The lowest BCUT2D eigenvalue weighted by Crippen LogP contribution is -2.14. The Morgan fingerprint density at radius 1 is 1.14 bits per heavy atom. The topological polar surface area (TPSA) is 110 Å². The van der Waals surface area contributed by atoms with Crippen molar-refractivity contribution in [2.45, 2.75) is 11.5 Å². The smallest absolute Gasteiger partial charge is 0.289 e. The van der Waals surface area contributed by atoms with Crippen LogP contribution in [0.4, 0.5) is 11.4 Å². The summed E-state index contributed by atoms with van der Waals surface area (Å²) in [5, 5.41) is 19.9. The average molecular weight is 308 g/mol. The second kappa shape index (κ2) is 5.90. The van der Waals surface area contributed by atoms with Gasteiger partial charge in [0.2, 0.25) is 0 Å². The van der Waals surface area contributed by atoms with Gasteiger partial charge in [0.1, 0.15) is 0 Å². The highest BCUT2D eigenvalue weighted by Gasteiger charge is 2.25. The van der Waals surface area contributed by atoms with Crippen molar-refractivity contribution in [3.05, 3.63) is 64.2 Å². The lowest BCUT2D eigenvalue weighted by Gasteiger charge is -2.09. The molecule has 0 saturated heterocycles. The van der Waals surface area contributed by atoms with Gasteiger partial charge in [0.05, 0.1) is 11.5 Å². The summed E-state index contributed by atoms with van der Waals surface area (Å²) < 4.78 is 26.8. The zero-order chi connectivity index (χ0) is 15.5. The number of sulfonamides is 1. The monoisotopic (exact) mass is 308 g/mol. The number of anilines is 1. The summed E-state index contributed by atoms with van der Waals surface area (Å²) in [5.74, 6) is 0. The van der Waals surface area contributed by atoms with E-state index in [9.17, 15) is 18.5 Å². The predicted octanol–water partition coefficient (Wildman–Crippen LogP) is 1.89. The zero-order valence-corrected chi connectivity index (χ0v) is 11.6. The maximum atomic E-state index is 12.2. The van der Waals surface area contributed by atoms with Gasteiger partial charge in [-0.15, -0.1) is 0 Å². The lowest BCUT2D eigenvalue weighted by atomic mass is 10.2. The zero-order valence-electron chi connectivity index (χ0n) is 10.8. The summed E-state index contributed by atoms with van der Waals surface area (Å²) in [6, 6.07) is 11.2. The number of aliphatic hydroxyl groups is 1. The molecule has 2 rings (SSSR count). The van der Waals surface area contributed by atoms with Gasteiger partial charge in [0, 0.05) is 11.8 Å². The standard InChI is InChI=1S/C13H12N2O5S/c16-9-10-4-3-5-11(8-10)14-21(19,20)13-7-2-1-6-12(13)15(17)18/h1-8,14,16H,9H2. The average Bonchev–Trinajstić information content (AvgIpc) is 2.47. The van der Waals surface area contributed by atoms with E-state index in [1.807, 2.05) is 0 Å². The molecular formula is C13H12N2O5S. The third-order valence-electron chi connectivity index (χ3n) is 2.71. The SMILES string of the molecule is O=[N+]([O-])c1ccccc1S(=O)(=O)Nc1cccc(CO)c1. The highest BCUT2D eigenvalue weighted by Crippen LogP contribution is 2.25. The highest BCUT2D eigenvalue weighted by atomic mass is 32.2. The molecule has 7 nitrogen and oxygen atoms in total. The fourth-order valence-corrected chi connectivity index (χ4v) is 3.00. The van der Waals surface area contributed by atoms with Crippen LogP contribution in [0.25, 0.3) is 0 Å². The second-order valence-electron chi connectivity index (χ2n) is 4.19. The summed E-state index contributed by atoms with van der Waals surface area (Å²) in [4.78, 5) is 9.74. The number of nitrogens with zero attached hydrogens (tertiary/aromatic N) is 1. The first-order valence-electron chi connectivity index (χ1n) is 5.90. The first kappa shape index (κ1) is 14.9. The summed E-state index contributed by atoms with van der Waals surface area (Å²) >= 11 is 0. The van der Waals surface area contributed by atoms with Gasteiger partial charge >= 0.3 is 0 Å². The fraction of sp³-hybridized carbons (Fsp3) is 0.0769. The minimum absolute atomic E-state index is 0.222. The molecule has 0 unspecified atom stereocenters. The van der Waals surface area contributed by atoms with Crippen LogP contribution in [0, 0.1) is 10.1 Å². The molecule has 0 radical (unpaired) electrons. The molecular weight excluding hydrogens is 296 g/mol. The van der Waals surface area contributed by atoms with Crippen molar-refractivity contribution < 1.29 is 18.4 Å². The van der Waals surface area contributed by atoms with E-state index in [4.69, 9.17) is 5.11 Å². The summed E-state index contributed by atoms with van der Waals surface area (Å²) in [5.41, 5.74) is 0.251. The normalized spacial score (nSPS) is 11.1. The van der Waals surface area contributed by atoms with Crippen molar-refractivity contribution >= 4 is 21.4 Å². The van der Waals surface area contributed by atoms with Crippen LogP contribution in [0.1, 0.15) is 5.56 Å². The Kier molecular flexibility index (Phi) is 4.20. The molecule has 0 bridgehead atoms. The Balaban J connectivity index is 2.41. The van der Waals surface area contributed by atoms with Gasteiger partial charge in [-0.2, -0.15) is 0 Å². The van der Waals surface area contributed by atoms with E-state index >= 15 is 0 Å². The van der Waals surface area contributed by atoms with E-state index < -0.39 is 25.5 Å². The number of hydrogen-bond acceptors (Lipinski definition) is 5. The molecule has 0 aliphatic rings. The van der Waals surface area contributed by atoms with Crippen molar-refractivity contribution in [3.63, 3.8) is 0 Å². The number of nitro groups is 1. The summed E-state index contributed by atoms with van der Waals surface area (Å²) in [6.45, 7) is -0.235. The highest BCUT2D eigenvalue weighted by molar-refractivity contribution is 7.92. The molecule has 0 fully saturated rings. The predicted molar refractivity (Wildman–Crippen MR) is 76.3 cm³/mol. The van der Waals surface area contributed by atoms with Crippen LogP contribution in [0.15, 0.2) is 53.4 Å². The molecule has 0 aromatic heterocycles. The van der Waals surface area contributed by atoms with Gasteiger partial charge in [-0.3, -0.25) is 14.8 Å². The van der Waals surface area contributed by atoms with Crippen LogP contribution >= 0.6 is 0 Å². The van der Waals surface area contributed by atoms with E-state index in [-0.39, 0.29) is 12.3 Å². The molecule has 21 heavy (non-hydrogen) atoms. The van der Waals surface area contributed by atoms with E-state index in [2.05, 4.69) is 4.72 Å². The molecule has 8 heteroatoms. The molecule has 2 aromatic carbocycles. The molecule has 0 saturated carbocycles. The van der Waals surface area contributed by atoms with E-state index in [1.54, 1.807) is 12.1 Å². The largest absolute Gasteiger partial charge is 0.392 e. The Hall–Kier alpha value is -2.45. The Morgan fingerprint density at radius 3 is 2.52 bits per heavy atom. The fourth-order valence-electron chi connectivity index (χ4n) is 1.78. The minimum Gasteiger partial charge on any atom is -0.392 e. The van der Waals surface area contributed by atoms with Crippen LogP contribution < -0.4 is 4.72 Å². The Bertz CT molecular complexity index is 774. The first-order valence-corrected chi connectivity index (χ1v) is 7.38. The van der Waals surface area contributed by atoms with Crippen LogP contribution in [0.5, 0.6) is 0 Å². The number of nitro benzene ring substituents is 1. The van der Waals surface area contributed by atoms with E-state index in [0.717, 1.165) is 12.1 Å². The number of nitrogens with one attached hydrogen (secondary N) is 1. The van der Waals surface area contributed by atoms with Crippen LogP contribution in [0.3, 0.4) is 0 Å². The number of hydrogen-bond donors (Lipinski definition) is 2. The van der Waals surface area contributed by atoms with Crippen molar-refractivity contribution in [2.75, 3.05) is 4.72 Å². The van der Waals surface area contributed by atoms with Crippen molar-refractivity contribution in [1.29, 1.82) is 0 Å². The molecule has 2 aromatic rings. The molecule has 0 spiro atoms. The van der Waals surface area contributed by atoms with Gasteiger partial charge in [-0.1, -0.05) is 24.3 Å². The number of benzene rings is 2. The number of para-hydroxylation sites is 1. The lowest BCUT2D eigenvalue weighted by molar-refractivity contribution is -0.387. The van der Waals surface area contributed by atoms with Gasteiger partial charge < -0.3 is 5.11 Å². The minimum atomic E-state index is -4.09.